The first-order valence-electron chi connectivity index (χ1n) is 12.6. The van der Waals surface area contributed by atoms with Crippen LogP contribution in [-0.4, -0.2) is 64.8 Å². The van der Waals surface area contributed by atoms with Crippen molar-refractivity contribution in [2.75, 3.05) is 60.3 Å². The molecule has 4 aliphatic rings. The lowest BCUT2D eigenvalue weighted by atomic mass is 9.45. The first-order chi connectivity index (χ1) is 15.4. The van der Waals surface area contributed by atoms with E-state index in [2.05, 4.69) is 32.9 Å². The molecule has 2 bridgehead atoms. The first kappa shape index (κ1) is 23.8. The molecule has 0 radical (unpaired) electrons. The summed E-state index contributed by atoms with van der Waals surface area (Å²) in [6, 6.07) is 4.25. The number of aryl methyl sites for hydroxylation is 1. The van der Waals surface area contributed by atoms with E-state index in [1.165, 1.54) is 36.8 Å². The number of morpholine rings is 1. The number of rotatable bonds is 10. The molecule has 0 N–H and O–H groups in total. The molecule has 5 rings (SSSR count). The lowest BCUT2D eigenvalue weighted by Crippen LogP contribution is -2.56. The van der Waals surface area contributed by atoms with Crippen molar-refractivity contribution in [3.8, 4) is 11.5 Å². The van der Waals surface area contributed by atoms with Gasteiger partial charge in [0, 0.05) is 12.2 Å². The van der Waals surface area contributed by atoms with Crippen LogP contribution in [0, 0.1) is 30.1 Å². The first-order valence-corrected chi connectivity index (χ1v) is 12.6. The number of hydrogen-bond acceptors (Lipinski definition) is 4. The Morgan fingerprint density at radius 1 is 1.03 bits per heavy atom. The Morgan fingerprint density at radius 2 is 1.75 bits per heavy atom. The van der Waals surface area contributed by atoms with Crippen LogP contribution in [0.4, 0.5) is 0 Å². The number of quaternary nitrogens is 1. The third-order valence-corrected chi connectivity index (χ3v) is 9.11. The highest BCUT2D eigenvalue weighted by molar-refractivity contribution is 5.46. The molecule has 4 fully saturated rings. The highest BCUT2D eigenvalue weighted by Gasteiger charge is 2.53. The summed E-state index contributed by atoms with van der Waals surface area (Å²) in [5, 5.41) is 0. The number of ether oxygens (including phenoxy) is 4. The van der Waals surface area contributed by atoms with Gasteiger partial charge in [-0.15, -0.1) is 0 Å². The largest absolute Gasteiger partial charge is 0.493 e. The smallest absolute Gasteiger partial charge is 0.161 e. The molecule has 1 aliphatic heterocycles. The lowest BCUT2D eigenvalue weighted by Gasteiger charge is -2.60. The molecule has 5 heteroatoms. The Bertz CT molecular complexity index is 769. The quantitative estimate of drug-likeness (QED) is 0.381. The van der Waals surface area contributed by atoms with Crippen LogP contribution in [-0.2, 0) is 16.0 Å². The van der Waals surface area contributed by atoms with Crippen LogP contribution < -0.4 is 9.47 Å². The van der Waals surface area contributed by atoms with Crippen LogP contribution in [0.2, 0.25) is 0 Å². The van der Waals surface area contributed by atoms with Crippen molar-refractivity contribution in [2.45, 2.75) is 53.0 Å². The highest BCUT2D eigenvalue weighted by Crippen LogP contribution is 2.61. The average molecular weight is 447 g/mol. The molecule has 180 valence electrons. The molecule has 3 saturated carbocycles. The van der Waals surface area contributed by atoms with Crippen LogP contribution >= 0.6 is 0 Å². The van der Waals surface area contributed by atoms with Gasteiger partial charge >= 0.3 is 0 Å². The van der Waals surface area contributed by atoms with E-state index >= 15 is 0 Å². The number of nitrogens with zero attached hydrogens (tertiary/aromatic N) is 1. The second kappa shape index (κ2) is 9.90. The van der Waals surface area contributed by atoms with Crippen LogP contribution in [0.25, 0.3) is 0 Å². The van der Waals surface area contributed by atoms with E-state index in [1.807, 2.05) is 0 Å². The van der Waals surface area contributed by atoms with Gasteiger partial charge in [0.15, 0.2) is 11.5 Å². The Labute approximate surface area is 195 Å². The predicted molar refractivity (Wildman–Crippen MR) is 127 cm³/mol. The summed E-state index contributed by atoms with van der Waals surface area (Å²) in [6.45, 7) is 14.6. The topological polar surface area (TPSA) is 36.9 Å². The third kappa shape index (κ3) is 4.80. The van der Waals surface area contributed by atoms with Gasteiger partial charge in [0.1, 0.15) is 26.2 Å². The summed E-state index contributed by atoms with van der Waals surface area (Å²) in [7, 11) is 3.41. The van der Waals surface area contributed by atoms with Gasteiger partial charge in [-0.05, 0) is 73.5 Å². The van der Waals surface area contributed by atoms with Crippen molar-refractivity contribution in [2.24, 2.45) is 23.2 Å². The fourth-order valence-corrected chi connectivity index (χ4v) is 6.65. The molecule has 1 aromatic carbocycles. The maximum absolute atomic E-state index is 6.25. The van der Waals surface area contributed by atoms with E-state index in [4.69, 9.17) is 18.9 Å². The third-order valence-electron chi connectivity index (χ3n) is 9.11. The highest BCUT2D eigenvalue weighted by atomic mass is 16.5. The fraction of sp³-hybridized carbons (Fsp3) is 0.778. The standard InChI is InChI=1S/C27H44NO4/c1-20-16-25(29-4)26(30-5)17-22(20)19-28(10-14-32-15-11-28)9-13-31-12-8-21-6-7-23-18-24(21)27(23,2)3/h16-17,21,23-24H,6-15,18-19H2,1-5H3/q+1. The minimum atomic E-state index is 0.573. The van der Waals surface area contributed by atoms with Gasteiger partial charge in [0.05, 0.1) is 34.0 Å². The Balaban J connectivity index is 1.32. The van der Waals surface area contributed by atoms with Crippen LogP contribution in [0.1, 0.15) is 50.7 Å². The molecule has 3 aliphatic carbocycles. The van der Waals surface area contributed by atoms with Crippen molar-refractivity contribution in [3.05, 3.63) is 23.3 Å². The van der Waals surface area contributed by atoms with Crippen molar-refractivity contribution in [1.82, 2.24) is 0 Å². The van der Waals surface area contributed by atoms with E-state index in [0.717, 1.165) is 86.3 Å². The minimum Gasteiger partial charge on any atom is -0.493 e. The summed E-state index contributed by atoms with van der Waals surface area (Å²) in [5.41, 5.74) is 3.16. The summed E-state index contributed by atoms with van der Waals surface area (Å²) < 4.78 is 24.0. The normalized spacial score (nSPS) is 28.1. The maximum atomic E-state index is 6.25. The second-order valence-corrected chi connectivity index (χ2v) is 11.0. The Hall–Kier alpha value is -1.30. The molecule has 1 aromatic rings. The number of fused-ring (bicyclic) bond motifs is 2. The SMILES string of the molecule is COc1cc(C)c(C[N+]2(CCOCCC3CCC4CC3C4(C)C)CCOCC2)cc1OC. The number of hydrogen-bond donors (Lipinski definition) is 0. The average Bonchev–Trinajstić information content (AvgIpc) is 2.80. The summed E-state index contributed by atoms with van der Waals surface area (Å²) >= 11 is 0. The van der Waals surface area contributed by atoms with Crippen LogP contribution in [0.3, 0.4) is 0 Å². The van der Waals surface area contributed by atoms with E-state index in [1.54, 1.807) is 14.2 Å². The van der Waals surface area contributed by atoms with E-state index in [0.29, 0.717) is 5.41 Å². The van der Waals surface area contributed by atoms with Gasteiger partial charge in [-0.25, -0.2) is 0 Å². The zero-order valence-electron chi connectivity index (χ0n) is 21.0. The van der Waals surface area contributed by atoms with Gasteiger partial charge in [0.25, 0.3) is 0 Å². The van der Waals surface area contributed by atoms with Crippen LogP contribution in [0.15, 0.2) is 12.1 Å². The maximum Gasteiger partial charge on any atom is 0.161 e. The van der Waals surface area contributed by atoms with Gasteiger partial charge in [-0.1, -0.05) is 13.8 Å². The van der Waals surface area contributed by atoms with Gasteiger partial charge < -0.3 is 23.4 Å². The molecule has 3 atom stereocenters. The van der Waals surface area contributed by atoms with Crippen molar-refractivity contribution < 1.29 is 23.4 Å². The summed E-state index contributed by atoms with van der Waals surface area (Å²) in [6.07, 6.45) is 5.54. The van der Waals surface area contributed by atoms with E-state index in [9.17, 15) is 0 Å². The minimum absolute atomic E-state index is 0.573. The second-order valence-electron chi connectivity index (χ2n) is 11.0. The molecular weight excluding hydrogens is 402 g/mol. The Morgan fingerprint density at radius 3 is 2.41 bits per heavy atom. The van der Waals surface area contributed by atoms with Gasteiger partial charge in [0.2, 0.25) is 0 Å². The van der Waals surface area contributed by atoms with Gasteiger partial charge in [-0.3, -0.25) is 0 Å². The van der Waals surface area contributed by atoms with Crippen molar-refractivity contribution in [1.29, 1.82) is 0 Å². The molecular formula is C27H44NO4+. The molecule has 1 saturated heterocycles. The van der Waals surface area contributed by atoms with Crippen LogP contribution in [0.5, 0.6) is 11.5 Å². The number of benzene rings is 1. The zero-order chi connectivity index (χ0) is 22.8. The molecule has 0 spiro atoms. The monoisotopic (exact) mass is 446 g/mol. The molecule has 5 nitrogen and oxygen atoms in total. The predicted octanol–water partition coefficient (Wildman–Crippen LogP) is 4.84. The zero-order valence-corrected chi connectivity index (χ0v) is 21.0. The summed E-state index contributed by atoms with van der Waals surface area (Å²) in [5.74, 6) is 4.39. The Kier molecular flexibility index (Phi) is 7.38. The molecule has 0 aromatic heterocycles. The molecule has 3 unspecified atom stereocenters. The van der Waals surface area contributed by atoms with Crippen molar-refractivity contribution >= 4 is 0 Å². The molecule has 1 heterocycles. The van der Waals surface area contributed by atoms with E-state index in [-0.39, 0.29) is 0 Å². The fourth-order valence-electron chi connectivity index (χ4n) is 6.65. The number of methoxy groups -OCH3 is 2. The van der Waals surface area contributed by atoms with Gasteiger partial charge in [-0.2, -0.15) is 0 Å². The van der Waals surface area contributed by atoms with E-state index < -0.39 is 0 Å². The summed E-state index contributed by atoms with van der Waals surface area (Å²) in [4.78, 5) is 0. The molecule has 0 amide bonds. The van der Waals surface area contributed by atoms with Crippen molar-refractivity contribution in [3.63, 3.8) is 0 Å². The molecule has 32 heavy (non-hydrogen) atoms. The lowest BCUT2D eigenvalue weighted by molar-refractivity contribution is -0.947.